The summed E-state index contributed by atoms with van der Waals surface area (Å²) in [6.45, 7) is 0. The minimum atomic E-state index is -4.42. The van der Waals surface area contributed by atoms with Crippen LogP contribution in [0.1, 0.15) is 11.4 Å². The van der Waals surface area contributed by atoms with Crippen LogP contribution in [0.2, 0.25) is 0 Å². The van der Waals surface area contributed by atoms with Crippen LogP contribution in [0.4, 0.5) is 13.2 Å². The third kappa shape index (κ3) is 3.22. The molecule has 0 radical (unpaired) electrons. The lowest BCUT2D eigenvalue weighted by atomic mass is 10.3. The molecular formula is C6H5Br2F3N2. The Morgan fingerprint density at radius 2 is 1.77 bits per heavy atom. The molecule has 0 atom stereocenters. The van der Waals surface area contributed by atoms with E-state index < -0.39 is 11.9 Å². The Morgan fingerprint density at radius 3 is 2.15 bits per heavy atom. The monoisotopic (exact) mass is 320 g/mol. The van der Waals surface area contributed by atoms with Crippen molar-refractivity contribution < 1.29 is 13.2 Å². The summed E-state index contributed by atoms with van der Waals surface area (Å²) in [5, 5.41) is 0.0513. The maximum atomic E-state index is 12.1. The van der Waals surface area contributed by atoms with Gasteiger partial charge in [0, 0.05) is 17.7 Å². The van der Waals surface area contributed by atoms with Gasteiger partial charge >= 0.3 is 6.18 Å². The second-order valence-corrected chi connectivity index (χ2v) is 2.54. The normalized spacial score (nSPS) is 10.8. The van der Waals surface area contributed by atoms with E-state index >= 15 is 0 Å². The minimum Gasteiger partial charge on any atom is -0.257 e. The average molecular weight is 322 g/mol. The van der Waals surface area contributed by atoms with Gasteiger partial charge in [-0.3, -0.25) is 4.98 Å². The van der Waals surface area contributed by atoms with Crippen molar-refractivity contribution in [3.63, 3.8) is 0 Å². The molecule has 1 aromatic rings. The molecule has 0 N–H and O–H groups in total. The van der Waals surface area contributed by atoms with Crippen LogP contribution in [-0.4, -0.2) is 9.97 Å². The molecule has 0 bridgehead atoms. The number of hydrogen-bond donors (Lipinski definition) is 0. The van der Waals surface area contributed by atoms with Crippen molar-refractivity contribution in [3.05, 3.63) is 23.8 Å². The zero-order chi connectivity index (χ0) is 9.19. The molecule has 1 aromatic heterocycles. The number of rotatable bonds is 1. The van der Waals surface area contributed by atoms with E-state index in [-0.39, 0.29) is 28.0 Å². The Bertz CT molecular complexity index is 277. The van der Waals surface area contributed by atoms with Gasteiger partial charge in [0.05, 0.1) is 5.69 Å². The molecular weight excluding hydrogens is 317 g/mol. The Hall–Kier alpha value is -0.170. The molecule has 7 heteroatoms. The molecule has 0 aliphatic carbocycles. The minimum absolute atomic E-state index is 0. The molecule has 13 heavy (non-hydrogen) atoms. The zero-order valence-electron chi connectivity index (χ0n) is 6.18. The summed E-state index contributed by atoms with van der Waals surface area (Å²) in [7, 11) is 0. The van der Waals surface area contributed by atoms with Gasteiger partial charge in [0.2, 0.25) is 0 Å². The highest BCUT2D eigenvalue weighted by Gasteiger charge is 2.35. The summed E-state index contributed by atoms with van der Waals surface area (Å²) >= 11 is 2.90. The van der Waals surface area contributed by atoms with Gasteiger partial charge in [-0.25, -0.2) is 4.98 Å². The second kappa shape index (κ2) is 4.90. The molecule has 0 aliphatic rings. The predicted octanol–water partition coefficient (Wildman–Crippen LogP) is 2.97. The van der Waals surface area contributed by atoms with Gasteiger partial charge < -0.3 is 0 Å². The lowest BCUT2D eigenvalue weighted by Gasteiger charge is -2.07. The molecule has 0 aliphatic heterocycles. The molecule has 1 heterocycles. The highest BCUT2D eigenvalue weighted by molar-refractivity contribution is 9.08. The van der Waals surface area contributed by atoms with E-state index in [1.165, 1.54) is 6.20 Å². The van der Waals surface area contributed by atoms with Crippen LogP contribution >= 0.6 is 32.9 Å². The lowest BCUT2D eigenvalue weighted by Crippen LogP contribution is -2.12. The van der Waals surface area contributed by atoms with Gasteiger partial charge in [0.1, 0.15) is 0 Å². The Morgan fingerprint density at radius 1 is 1.23 bits per heavy atom. The van der Waals surface area contributed by atoms with Crippen molar-refractivity contribution in [2.45, 2.75) is 11.5 Å². The van der Waals surface area contributed by atoms with Gasteiger partial charge in [-0.2, -0.15) is 13.2 Å². The number of nitrogens with zero attached hydrogens (tertiary/aromatic N) is 2. The van der Waals surface area contributed by atoms with E-state index in [2.05, 4.69) is 25.9 Å². The van der Waals surface area contributed by atoms with E-state index in [9.17, 15) is 13.2 Å². The maximum Gasteiger partial charge on any atom is 0.435 e. The number of halogens is 5. The molecule has 0 saturated carbocycles. The average Bonchev–Trinajstić information content (AvgIpc) is 2.03. The summed E-state index contributed by atoms with van der Waals surface area (Å²) in [4.78, 5) is 6.74. The van der Waals surface area contributed by atoms with E-state index in [0.29, 0.717) is 0 Å². The first-order valence-electron chi connectivity index (χ1n) is 2.98. The van der Waals surface area contributed by atoms with E-state index in [0.717, 1.165) is 6.20 Å². The summed E-state index contributed by atoms with van der Waals surface area (Å²) in [5.74, 6) is 0. The molecule has 0 amide bonds. The van der Waals surface area contributed by atoms with Crippen molar-refractivity contribution in [1.29, 1.82) is 0 Å². The van der Waals surface area contributed by atoms with Gasteiger partial charge in [0.25, 0.3) is 0 Å². The molecule has 1 rings (SSSR count). The first-order chi connectivity index (χ1) is 5.55. The second-order valence-electron chi connectivity index (χ2n) is 1.98. The SMILES string of the molecule is Br.FC(F)(F)c1nccnc1CBr. The van der Waals surface area contributed by atoms with Gasteiger partial charge in [-0.15, -0.1) is 17.0 Å². The van der Waals surface area contributed by atoms with E-state index in [1.807, 2.05) is 0 Å². The number of aromatic nitrogens is 2. The van der Waals surface area contributed by atoms with Crippen molar-refractivity contribution in [1.82, 2.24) is 9.97 Å². The fourth-order valence-corrected chi connectivity index (χ4v) is 1.11. The molecule has 0 unspecified atom stereocenters. The van der Waals surface area contributed by atoms with Crippen molar-refractivity contribution in [3.8, 4) is 0 Å². The van der Waals surface area contributed by atoms with Crippen LogP contribution in [0.5, 0.6) is 0 Å². The van der Waals surface area contributed by atoms with Crippen LogP contribution in [0.3, 0.4) is 0 Å². The first kappa shape index (κ1) is 12.8. The lowest BCUT2D eigenvalue weighted by molar-refractivity contribution is -0.142. The third-order valence-electron chi connectivity index (χ3n) is 1.17. The molecule has 2 nitrogen and oxygen atoms in total. The summed E-state index contributed by atoms with van der Waals surface area (Å²) < 4.78 is 36.3. The molecule has 0 aromatic carbocycles. The Balaban J connectivity index is 0.00000144. The molecule has 0 spiro atoms. The predicted molar refractivity (Wildman–Crippen MR) is 50.0 cm³/mol. The third-order valence-corrected chi connectivity index (χ3v) is 1.70. The smallest absolute Gasteiger partial charge is 0.257 e. The quantitative estimate of drug-likeness (QED) is 0.743. The Labute approximate surface area is 91.5 Å². The van der Waals surface area contributed by atoms with Crippen LogP contribution in [0.15, 0.2) is 12.4 Å². The fourth-order valence-electron chi connectivity index (χ4n) is 0.701. The van der Waals surface area contributed by atoms with Gasteiger partial charge in [0.15, 0.2) is 5.69 Å². The first-order valence-corrected chi connectivity index (χ1v) is 4.11. The summed E-state index contributed by atoms with van der Waals surface area (Å²) in [6, 6.07) is 0. The van der Waals surface area contributed by atoms with Crippen LogP contribution in [0, 0.1) is 0 Å². The molecule has 0 fully saturated rings. The Kier molecular flexibility index (Phi) is 4.83. The standard InChI is InChI=1S/C6H4BrF3N2.BrH/c7-3-4-5(6(8,9)10)12-2-1-11-4;/h1-2H,3H2;1H. The largest absolute Gasteiger partial charge is 0.435 e. The molecule has 74 valence electrons. The van der Waals surface area contributed by atoms with E-state index in [1.54, 1.807) is 0 Å². The van der Waals surface area contributed by atoms with Crippen LogP contribution in [0.25, 0.3) is 0 Å². The summed E-state index contributed by atoms with van der Waals surface area (Å²) in [6.07, 6.45) is -2.17. The molecule has 0 saturated heterocycles. The topological polar surface area (TPSA) is 25.8 Å². The highest BCUT2D eigenvalue weighted by Crippen LogP contribution is 2.29. The van der Waals surface area contributed by atoms with E-state index in [4.69, 9.17) is 0 Å². The number of alkyl halides is 4. The number of hydrogen-bond acceptors (Lipinski definition) is 2. The van der Waals surface area contributed by atoms with Gasteiger partial charge in [-0.1, -0.05) is 15.9 Å². The van der Waals surface area contributed by atoms with Crippen LogP contribution < -0.4 is 0 Å². The van der Waals surface area contributed by atoms with Gasteiger partial charge in [-0.05, 0) is 0 Å². The summed E-state index contributed by atoms with van der Waals surface area (Å²) in [5.41, 5.74) is -1.02. The fraction of sp³-hybridized carbons (Fsp3) is 0.333. The van der Waals surface area contributed by atoms with Crippen molar-refractivity contribution in [2.75, 3.05) is 0 Å². The maximum absolute atomic E-state index is 12.1. The van der Waals surface area contributed by atoms with Crippen molar-refractivity contribution >= 4 is 32.9 Å². The van der Waals surface area contributed by atoms with Crippen LogP contribution in [-0.2, 0) is 11.5 Å². The highest BCUT2D eigenvalue weighted by atomic mass is 79.9. The van der Waals surface area contributed by atoms with Crippen molar-refractivity contribution in [2.24, 2.45) is 0 Å². The zero-order valence-corrected chi connectivity index (χ0v) is 9.48.